The Morgan fingerprint density at radius 3 is 2.56 bits per heavy atom. The van der Waals surface area contributed by atoms with E-state index in [4.69, 9.17) is 14.5 Å². The third-order valence-electron chi connectivity index (χ3n) is 5.83. The minimum Gasteiger partial charge on any atom is -0.490 e. The molecule has 1 aromatic heterocycles. The van der Waals surface area contributed by atoms with E-state index >= 15 is 0 Å². The third kappa shape index (κ3) is 6.56. The van der Waals surface area contributed by atoms with Gasteiger partial charge in [0.25, 0.3) is 5.88 Å². The van der Waals surface area contributed by atoms with Crippen molar-refractivity contribution in [2.45, 2.75) is 53.1 Å². The van der Waals surface area contributed by atoms with Crippen LogP contribution in [0.15, 0.2) is 59.9 Å². The molecule has 1 aliphatic carbocycles. The summed E-state index contributed by atoms with van der Waals surface area (Å²) in [6.45, 7) is 10.7. The van der Waals surface area contributed by atoms with E-state index in [9.17, 15) is 0 Å². The molecule has 1 fully saturated rings. The molecule has 1 saturated carbocycles. The predicted octanol–water partition coefficient (Wildman–Crippen LogP) is 6.21. The van der Waals surface area contributed by atoms with Gasteiger partial charge in [-0.15, -0.1) is 0 Å². The molecule has 1 heterocycles. The molecule has 0 saturated heterocycles. The van der Waals surface area contributed by atoms with Crippen molar-refractivity contribution in [1.29, 1.82) is 0 Å². The SMILES string of the molecule is C=C(C)c1ccc(COc2nc(/C(C(=NC)N/C=C/CCC)=C(/C)C3CC3)ncc2OC)cc1. The monoisotopic (exact) mass is 460 g/mol. The van der Waals surface area contributed by atoms with E-state index in [-0.39, 0.29) is 0 Å². The van der Waals surface area contributed by atoms with Gasteiger partial charge in [-0.3, -0.25) is 4.99 Å². The quantitative estimate of drug-likeness (QED) is 0.319. The van der Waals surface area contributed by atoms with Crippen molar-refractivity contribution in [2.75, 3.05) is 14.2 Å². The molecule has 6 heteroatoms. The Bertz CT molecular complexity index is 1080. The first-order chi connectivity index (χ1) is 16.5. The second kappa shape index (κ2) is 12.2. The van der Waals surface area contributed by atoms with Crippen LogP contribution < -0.4 is 14.8 Å². The molecule has 6 nitrogen and oxygen atoms in total. The maximum Gasteiger partial charge on any atom is 0.261 e. The zero-order chi connectivity index (χ0) is 24.5. The lowest BCUT2D eigenvalue weighted by molar-refractivity contribution is 0.271. The highest BCUT2D eigenvalue weighted by atomic mass is 16.5. The highest BCUT2D eigenvalue weighted by molar-refractivity contribution is 6.23. The van der Waals surface area contributed by atoms with E-state index in [0.717, 1.165) is 41.0 Å². The number of amidine groups is 1. The minimum absolute atomic E-state index is 0.372. The highest BCUT2D eigenvalue weighted by Gasteiger charge is 2.29. The Kier molecular flexibility index (Phi) is 9.02. The van der Waals surface area contributed by atoms with Crippen LogP contribution in [-0.4, -0.2) is 30.0 Å². The Hall–Kier alpha value is -3.41. The van der Waals surface area contributed by atoms with Gasteiger partial charge in [-0.2, -0.15) is 4.98 Å². The average molecular weight is 461 g/mol. The Balaban J connectivity index is 1.89. The number of methoxy groups -OCH3 is 1. The maximum absolute atomic E-state index is 6.09. The van der Waals surface area contributed by atoms with Crippen LogP contribution in [0.5, 0.6) is 11.6 Å². The van der Waals surface area contributed by atoms with Crippen LogP contribution in [0.4, 0.5) is 0 Å². The topological polar surface area (TPSA) is 68.6 Å². The lowest BCUT2D eigenvalue weighted by Crippen LogP contribution is -2.22. The number of hydrogen-bond donors (Lipinski definition) is 1. The smallest absolute Gasteiger partial charge is 0.261 e. The summed E-state index contributed by atoms with van der Waals surface area (Å²) >= 11 is 0. The predicted molar refractivity (Wildman–Crippen MR) is 140 cm³/mol. The molecule has 34 heavy (non-hydrogen) atoms. The first-order valence-electron chi connectivity index (χ1n) is 11.9. The summed E-state index contributed by atoms with van der Waals surface area (Å²) in [5, 5.41) is 3.34. The molecule has 0 aliphatic heterocycles. The van der Waals surface area contributed by atoms with Gasteiger partial charge in [0.1, 0.15) is 12.4 Å². The number of nitrogens with zero attached hydrogens (tertiary/aromatic N) is 3. The molecule has 0 radical (unpaired) electrons. The number of rotatable bonds is 11. The molecule has 0 atom stereocenters. The molecule has 1 aliphatic rings. The highest BCUT2D eigenvalue weighted by Crippen LogP contribution is 2.40. The molecule has 1 aromatic carbocycles. The van der Waals surface area contributed by atoms with Gasteiger partial charge in [-0.25, -0.2) is 4.98 Å². The van der Waals surface area contributed by atoms with Crippen molar-refractivity contribution in [3.63, 3.8) is 0 Å². The second-order valence-electron chi connectivity index (χ2n) is 8.57. The van der Waals surface area contributed by atoms with Crippen molar-refractivity contribution >= 4 is 17.0 Å². The van der Waals surface area contributed by atoms with Crippen molar-refractivity contribution in [3.8, 4) is 11.6 Å². The molecule has 2 aromatic rings. The third-order valence-corrected chi connectivity index (χ3v) is 5.83. The van der Waals surface area contributed by atoms with Gasteiger partial charge in [0, 0.05) is 7.05 Å². The molecule has 0 amide bonds. The van der Waals surface area contributed by atoms with Gasteiger partial charge >= 0.3 is 0 Å². The van der Waals surface area contributed by atoms with E-state index in [1.807, 2.05) is 37.4 Å². The molecule has 0 bridgehead atoms. The van der Waals surface area contributed by atoms with Crippen molar-refractivity contribution < 1.29 is 9.47 Å². The molecule has 180 valence electrons. The van der Waals surface area contributed by atoms with Gasteiger partial charge in [0.05, 0.1) is 18.9 Å². The van der Waals surface area contributed by atoms with Crippen LogP contribution in [0.2, 0.25) is 0 Å². The van der Waals surface area contributed by atoms with Gasteiger partial charge in [0.2, 0.25) is 0 Å². The van der Waals surface area contributed by atoms with Crippen molar-refractivity contribution in [2.24, 2.45) is 10.9 Å². The fourth-order valence-electron chi connectivity index (χ4n) is 3.58. The molecular weight excluding hydrogens is 424 g/mol. The second-order valence-corrected chi connectivity index (χ2v) is 8.57. The molecular formula is C28H36N4O2. The summed E-state index contributed by atoms with van der Waals surface area (Å²) in [4.78, 5) is 13.9. The standard InChI is InChI=1S/C28H36N4O2/c1-7-8-9-16-30-26(29-5)25(20(4)23-14-15-23)27-31-17-24(33-6)28(32-27)34-18-21-10-12-22(13-11-21)19(2)3/h9-13,16-17,23H,2,7-8,14-15,18H2,1,3-6H3,(H,29,30)/b16-9+,25-20-. The normalized spacial score (nSPS) is 14.7. The summed E-state index contributed by atoms with van der Waals surface area (Å²) in [5.74, 6) is 2.78. The Morgan fingerprint density at radius 1 is 1.24 bits per heavy atom. The van der Waals surface area contributed by atoms with Gasteiger partial charge in [-0.05, 0) is 56.4 Å². The summed E-state index contributed by atoms with van der Waals surface area (Å²) in [6, 6.07) is 8.17. The number of aliphatic imine (C=N–C) groups is 1. The minimum atomic E-state index is 0.372. The number of allylic oxidation sites excluding steroid dienone is 3. The molecule has 0 unspecified atom stereocenters. The number of unbranched alkanes of at least 4 members (excludes halogenated alkanes) is 1. The van der Waals surface area contributed by atoms with Gasteiger partial charge < -0.3 is 14.8 Å². The van der Waals surface area contributed by atoms with Crippen LogP contribution in [0.25, 0.3) is 11.1 Å². The maximum atomic E-state index is 6.09. The molecule has 0 spiro atoms. The Labute approximate surface area is 203 Å². The molecule has 1 N–H and O–H groups in total. The summed E-state index contributed by atoms with van der Waals surface area (Å²) in [7, 11) is 3.38. The molecule has 3 rings (SSSR count). The van der Waals surface area contributed by atoms with Crippen LogP contribution in [0.3, 0.4) is 0 Å². The number of aromatic nitrogens is 2. The fraction of sp³-hybridized carbons (Fsp3) is 0.393. The lowest BCUT2D eigenvalue weighted by Gasteiger charge is -2.16. The summed E-state index contributed by atoms with van der Waals surface area (Å²) in [5.41, 5.74) is 5.35. The number of hydrogen-bond acceptors (Lipinski definition) is 5. The van der Waals surface area contributed by atoms with Crippen molar-refractivity contribution in [3.05, 3.63) is 71.8 Å². The first-order valence-corrected chi connectivity index (χ1v) is 11.9. The van der Waals surface area contributed by atoms with Crippen LogP contribution in [0, 0.1) is 5.92 Å². The zero-order valence-corrected chi connectivity index (χ0v) is 21.0. The van der Waals surface area contributed by atoms with E-state index in [1.165, 1.54) is 18.4 Å². The van der Waals surface area contributed by atoms with E-state index in [2.05, 4.69) is 41.8 Å². The zero-order valence-electron chi connectivity index (χ0n) is 21.0. The first kappa shape index (κ1) is 25.2. The van der Waals surface area contributed by atoms with E-state index in [1.54, 1.807) is 20.4 Å². The van der Waals surface area contributed by atoms with Crippen LogP contribution in [-0.2, 0) is 6.61 Å². The van der Waals surface area contributed by atoms with Crippen molar-refractivity contribution in [1.82, 2.24) is 15.3 Å². The average Bonchev–Trinajstić information content (AvgIpc) is 3.70. The van der Waals surface area contributed by atoms with E-state index in [0.29, 0.717) is 30.0 Å². The number of benzene rings is 1. The Morgan fingerprint density at radius 2 is 1.97 bits per heavy atom. The number of nitrogens with one attached hydrogen (secondary N) is 1. The lowest BCUT2D eigenvalue weighted by atomic mass is 10.0. The largest absolute Gasteiger partial charge is 0.490 e. The number of ether oxygens (including phenoxy) is 2. The van der Waals surface area contributed by atoms with Crippen LogP contribution >= 0.6 is 0 Å². The fourth-order valence-corrected chi connectivity index (χ4v) is 3.58. The summed E-state index contributed by atoms with van der Waals surface area (Å²) in [6.07, 6.45) is 10.2. The van der Waals surface area contributed by atoms with Gasteiger partial charge in [0.15, 0.2) is 11.6 Å². The van der Waals surface area contributed by atoms with E-state index < -0.39 is 0 Å². The van der Waals surface area contributed by atoms with Gasteiger partial charge in [-0.1, -0.05) is 61.4 Å². The van der Waals surface area contributed by atoms with Crippen LogP contribution in [0.1, 0.15) is 63.4 Å². The summed E-state index contributed by atoms with van der Waals surface area (Å²) < 4.78 is 11.6.